The summed E-state index contributed by atoms with van der Waals surface area (Å²) in [6, 6.07) is -0.710. The lowest BCUT2D eigenvalue weighted by molar-refractivity contribution is -0.258. The number of hydrogen-bond donors (Lipinski definition) is 3. The summed E-state index contributed by atoms with van der Waals surface area (Å²) in [5, 5.41) is 18.8. The van der Waals surface area contributed by atoms with Crippen molar-refractivity contribution < 1.29 is 19.7 Å². The first kappa shape index (κ1) is 9.88. The Morgan fingerprint density at radius 2 is 1.92 bits per heavy atom. The van der Waals surface area contributed by atoms with Gasteiger partial charge in [0.25, 0.3) is 0 Å². The van der Waals surface area contributed by atoms with Crippen molar-refractivity contribution in [2.75, 3.05) is 7.11 Å². The van der Waals surface area contributed by atoms with E-state index in [1.165, 1.54) is 7.11 Å². The van der Waals surface area contributed by atoms with Gasteiger partial charge in [0, 0.05) is 7.11 Å². The summed E-state index contributed by atoms with van der Waals surface area (Å²) in [4.78, 5) is 0. The largest absolute Gasteiger partial charge is 0.389 e. The SMILES string of the molecule is COC1OC(C)C(O)C(N)C1O. The van der Waals surface area contributed by atoms with Crippen LogP contribution in [0.15, 0.2) is 0 Å². The molecule has 0 amide bonds. The van der Waals surface area contributed by atoms with Gasteiger partial charge in [-0.1, -0.05) is 0 Å². The van der Waals surface area contributed by atoms with E-state index in [4.69, 9.17) is 15.2 Å². The van der Waals surface area contributed by atoms with Gasteiger partial charge in [0.05, 0.1) is 18.2 Å². The third kappa shape index (κ3) is 1.60. The van der Waals surface area contributed by atoms with Crippen LogP contribution in [0.5, 0.6) is 0 Å². The number of aliphatic hydroxyl groups is 2. The van der Waals surface area contributed by atoms with Crippen molar-refractivity contribution in [1.82, 2.24) is 0 Å². The van der Waals surface area contributed by atoms with E-state index in [2.05, 4.69) is 0 Å². The molecule has 0 aromatic heterocycles. The summed E-state index contributed by atoms with van der Waals surface area (Å²) in [6.07, 6.45) is -2.96. The van der Waals surface area contributed by atoms with E-state index in [0.717, 1.165) is 0 Å². The van der Waals surface area contributed by atoms with Gasteiger partial charge in [-0.25, -0.2) is 0 Å². The number of nitrogens with two attached hydrogens (primary N) is 1. The van der Waals surface area contributed by atoms with Crippen LogP contribution >= 0.6 is 0 Å². The van der Waals surface area contributed by atoms with Gasteiger partial charge < -0.3 is 25.4 Å². The van der Waals surface area contributed by atoms with E-state index < -0.39 is 30.6 Å². The molecule has 1 aliphatic heterocycles. The van der Waals surface area contributed by atoms with E-state index in [1.54, 1.807) is 6.92 Å². The zero-order valence-electron chi connectivity index (χ0n) is 7.18. The maximum absolute atomic E-state index is 9.39. The molecule has 0 bridgehead atoms. The second kappa shape index (κ2) is 3.68. The summed E-state index contributed by atoms with van der Waals surface area (Å²) in [7, 11) is 1.42. The second-order valence-corrected chi connectivity index (χ2v) is 3.00. The maximum Gasteiger partial charge on any atom is 0.185 e. The Hall–Kier alpha value is -0.200. The molecule has 1 saturated heterocycles. The van der Waals surface area contributed by atoms with Gasteiger partial charge in [-0.15, -0.1) is 0 Å². The molecule has 1 heterocycles. The smallest absolute Gasteiger partial charge is 0.185 e. The van der Waals surface area contributed by atoms with Gasteiger partial charge in [-0.3, -0.25) is 0 Å². The average molecular weight is 177 g/mol. The average Bonchev–Trinajstić information content (AvgIpc) is 2.08. The molecule has 0 aliphatic carbocycles. The Morgan fingerprint density at radius 1 is 1.33 bits per heavy atom. The van der Waals surface area contributed by atoms with Gasteiger partial charge in [0.1, 0.15) is 6.10 Å². The lowest BCUT2D eigenvalue weighted by atomic mass is 9.98. The number of hydrogen-bond acceptors (Lipinski definition) is 5. The van der Waals surface area contributed by atoms with Crippen LogP contribution in [-0.2, 0) is 9.47 Å². The van der Waals surface area contributed by atoms with Crippen molar-refractivity contribution in [3.8, 4) is 0 Å². The number of aliphatic hydroxyl groups excluding tert-OH is 2. The summed E-state index contributed by atoms with van der Waals surface area (Å²) >= 11 is 0. The van der Waals surface area contributed by atoms with Gasteiger partial charge in [-0.05, 0) is 6.92 Å². The first-order valence-electron chi connectivity index (χ1n) is 3.88. The molecule has 1 rings (SSSR count). The zero-order valence-corrected chi connectivity index (χ0v) is 7.18. The standard InChI is InChI=1S/C7H15NO4/c1-3-5(9)4(8)6(10)7(11-2)12-3/h3-7,9-10H,8H2,1-2H3. The molecule has 5 heteroatoms. The molecule has 0 saturated carbocycles. The predicted octanol–water partition coefficient (Wildman–Crippen LogP) is -1.57. The normalized spacial score (nSPS) is 49.2. The fourth-order valence-electron chi connectivity index (χ4n) is 1.26. The monoisotopic (exact) mass is 177 g/mol. The summed E-state index contributed by atoms with van der Waals surface area (Å²) in [6.45, 7) is 1.68. The van der Waals surface area contributed by atoms with Crippen molar-refractivity contribution in [3.63, 3.8) is 0 Å². The van der Waals surface area contributed by atoms with Crippen LogP contribution in [0.1, 0.15) is 6.92 Å². The van der Waals surface area contributed by atoms with Crippen LogP contribution in [-0.4, -0.2) is 48.0 Å². The molecule has 0 aromatic carbocycles. The highest BCUT2D eigenvalue weighted by Crippen LogP contribution is 2.19. The zero-order chi connectivity index (χ0) is 9.30. The Morgan fingerprint density at radius 3 is 2.42 bits per heavy atom. The second-order valence-electron chi connectivity index (χ2n) is 3.00. The van der Waals surface area contributed by atoms with Crippen LogP contribution in [0.3, 0.4) is 0 Å². The quantitative estimate of drug-likeness (QED) is 0.450. The molecule has 0 aromatic rings. The van der Waals surface area contributed by atoms with Crippen molar-refractivity contribution in [2.24, 2.45) is 5.73 Å². The van der Waals surface area contributed by atoms with Gasteiger partial charge >= 0.3 is 0 Å². The highest BCUT2D eigenvalue weighted by atomic mass is 16.7. The molecule has 5 unspecified atom stereocenters. The fourth-order valence-corrected chi connectivity index (χ4v) is 1.26. The van der Waals surface area contributed by atoms with Crippen molar-refractivity contribution in [1.29, 1.82) is 0 Å². The molecule has 5 atom stereocenters. The van der Waals surface area contributed by atoms with Crippen molar-refractivity contribution >= 4 is 0 Å². The highest BCUT2D eigenvalue weighted by Gasteiger charge is 2.40. The molecule has 0 radical (unpaired) electrons. The molecular weight excluding hydrogens is 162 g/mol. The highest BCUT2D eigenvalue weighted by molar-refractivity contribution is 4.89. The van der Waals surface area contributed by atoms with E-state index >= 15 is 0 Å². The topological polar surface area (TPSA) is 84.9 Å². The number of methoxy groups -OCH3 is 1. The third-order valence-corrected chi connectivity index (χ3v) is 2.13. The molecular formula is C7H15NO4. The van der Waals surface area contributed by atoms with Crippen LogP contribution in [0.25, 0.3) is 0 Å². The maximum atomic E-state index is 9.39. The Labute approximate surface area is 71.1 Å². The van der Waals surface area contributed by atoms with Crippen molar-refractivity contribution in [2.45, 2.75) is 37.6 Å². The van der Waals surface area contributed by atoms with E-state index in [1.807, 2.05) is 0 Å². The first-order valence-corrected chi connectivity index (χ1v) is 3.88. The molecule has 72 valence electrons. The lowest BCUT2D eigenvalue weighted by Gasteiger charge is -2.39. The Balaban J connectivity index is 2.63. The van der Waals surface area contributed by atoms with Crippen LogP contribution in [0.4, 0.5) is 0 Å². The van der Waals surface area contributed by atoms with Gasteiger partial charge in [0.15, 0.2) is 6.29 Å². The van der Waals surface area contributed by atoms with Gasteiger partial charge in [-0.2, -0.15) is 0 Å². The van der Waals surface area contributed by atoms with Gasteiger partial charge in [0.2, 0.25) is 0 Å². The predicted molar refractivity (Wildman–Crippen MR) is 41.3 cm³/mol. The third-order valence-electron chi connectivity index (χ3n) is 2.13. The minimum Gasteiger partial charge on any atom is -0.389 e. The van der Waals surface area contributed by atoms with E-state index in [0.29, 0.717) is 0 Å². The van der Waals surface area contributed by atoms with Crippen LogP contribution in [0, 0.1) is 0 Å². The minimum atomic E-state index is -0.971. The molecule has 1 aliphatic rings. The Kier molecular flexibility index (Phi) is 3.03. The van der Waals surface area contributed by atoms with Crippen molar-refractivity contribution in [3.05, 3.63) is 0 Å². The summed E-state index contributed by atoms with van der Waals surface area (Å²) < 4.78 is 9.96. The lowest BCUT2D eigenvalue weighted by Crippen LogP contribution is -2.60. The Bertz CT molecular complexity index is 150. The number of rotatable bonds is 1. The summed E-state index contributed by atoms with van der Waals surface area (Å²) in [5.74, 6) is 0. The fraction of sp³-hybridized carbons (Fsp3) is 1.00. The first-order chi connectivity index (χ1) is 5.57. The van der Waals surface area contributed by atoms with Crippen LogP contribution in [0.2, 0.25) is 0 Å². The minimum absolute atomic E-state index is 0.409. The van der Waals surface area contributed by atoms with Crippen LogP contribution < -0.4 is 5.73 Å². The number of ether oxygens (including phenoxy) is 2. The molecule has 1 fully saturated rings. The summed E-state index contributed by atoms with van der Waals surface area (Å²) in [5.41, 5.74) is 5.52. The van der Waals surface area contributed by atoms with E-state index in [9.17, 15) is 10.2 Å². The molecule has 5 nitrogen and oxygen atoms in total. The van der Waals surface area contributed by atoms with E-state index in [-0.39, 0.29) is 0 Å². The molecule has 4 N–H and O–H groups in total. The molecule has 12 heavy (non-hydrogen) atoms. The molecule has 0 spiro atoms.